The van der Waals surface area contributed by atoms with Crippen LogP contribution in [-0.4, -0.2) is 21.9 Å². The smallest absolute Gasteiger partial charge is 0.0910 e. The molecule has 3 aliphatic carbocycles. The molecule has 0 spiro atoms. The molecular formula is C10H18O2. The van der Waals surface area contributed by atoms with Crippen molar-refractivity contribution in [2.45, 2.75) is 45.3 Å². The molecule has 0 amide bonds. The van der Waals surface area contributed by atoms with Gasteiger partial charge in [-0.05, 0) is 37.0 Å². The van der Waals surface area contributed by atoms with Crippen LogP contribution >= 0.6 is 0 Å². The van der Waals surface area contributed by atoms with E-state index in [0.29, 0.717) is 11.8 Å². The highest BCUT2D eigenvalue weighted by Crippen LogP contribution is 2.62. The van der Waals surface area contributed by atoms with E-state index in [1.165, 1.54) is 0 Å². The van der Waals surface area contributed by atoms with E-state index in [2.05, 4.69) is 13.8 Å². The molecule has 3 aliphatic rings. The standard InChI is InChI=1S/C10H18O2/c1-9(2)6-4-7(9)10(3,12)8(11)5-6/h6-8,11-12H,4-5H2,1-3H3/t6?,7?,8-,10?/m1/s1. The van der Waals surface area contributed by atoms with Crippen molar-refractivity contribution in [3.8, 4) is 0 Å². The zero-order chi connectivity index (χ0) is 9.15. The maximum Gasteiger partial charge on any atom is 0.0910 e. The summed E-state index contributed by atoms with van der Waals surface area (Å²) in [5.41, 5.74) is -0.610. The van der Waals surface area contributed by atoms with Gasteiger partial charge in [-0.25, -0.2) is 0 Å². The van der Waals surface area contributed by atoms with Crippen LogP contribution in [0.15, 0.2) is 0 Å². The van der Waals surface area contributed by atoms with Crippen molar-refractivity contribution in [3.05, 3.63) is 0 Å². The summed E-state index contributed by atoms with van der Waals surface area (Å²) in [5, 5.41) is 19.7. The van der Waals surface area contributed by atoms with Gasteiger partial charge in [0.25, 0.3) is 0 Å². The zero-order valence-electron chi connectivity index (χ0n) is 8.04. The van der Waals surface area contributed by atoms with Crippen molar-refractivity contribution < 1.29 is 10.2 Å². The first-order valence-electron chi connectivity index (χ1n) is 4.77. The highest BCUT2D eigenvalue weighted by Gasteiger charge is 2.62. The van der Waals surface area contributed by atoms with Gasteiger partial charge in [0, 0.05) is 0 Å². The molecule has 3 unspecified atom stereocenters. The minimum atomic E-state index is -0.849. The lowest BCUT2D eigenvalue weighted by molar-refractivity contribution is -0.245. The van der Waals surface area contributed by atoms with E-state index in [0.717, 1.165) is 12.8 Å². The average Bonchev–Trinajstić information content (AvgIpc) is 1.93. The quantitative estimate of drug-likeness (QED) is 0.573. The molecule has 0 heterocycles. The Bertz CT molecular complexity index is 208. The fourth-order valence-electron chi connectivity index (χ4n) is 3.15. The summed E-state index contributed by atoms with van der Waals surface area (Å²) in [5.74, 6) is 0.913. The molecule has 0 aliphatic heterocycles. The van der Waals surface area contributed by atoms with E-state index >= 15 is 0 Å². The van der Waals surface area contributed by atoms with Gasteiger partial charge >= 0.3 is 0 Å². The Hall–Kier alpha value is -0.0800. The third kappa shape index (κ3) is 0.775. The van der Waals surface area contributed by atoms with Crippen molar-refractivity contribution in [3.63, 3.8) is 0 Å². The van der Waals surface area contributed by atoms with Gasteiger partial charge in [0.15, 0.2) is 0 Å². The lowest BCUT2D eigenvalue weighted by atomic mass is 9.43. The summed E-state index contributed by atoms with van der Waals surface area (Å²) >= 11 is 0. The number of fused-ring (bicyclic) bond motifs is 2. The van der Waals surface area contributed by atoms with E-state index in [4.69, 9.17) is 0 Å². The maximum absolute atomic E-state index is 10.0. The van der Waals surface area contributed by atoms with Crippen LogP contribution in [0.1, 0.15) is 33.6 Å². The van der Waals surface area contributed by atoms with Gasteiger partial charge in [0.2, 0.25) is 0 Å². The summed E-state index contributed by atoms with van der Waals surface area (Å²) in [6.45, 7) is 6.18. The molecule has 0 aromatic heterocycles. The molecule has 3 fully saturated rings. The van der Waals surface area contributed by atoms with E-state index in [1.807, 2.05) is 0 Å². The number of hydrogen-bond acceptors (Lipinski definition) is 2. The van der Waals surface area contributed by atoms with Gasteiger partial charge in [-0.15, -0.1) is 0 Å². The van der Waals surface area contributed by atoms with Crippen molar-refractivity contribution in [1.29, 1.82) is 0 Å². The molecule has 3 rings (SSSR count). The van der Waals surface area contributed by atoms with Gasteiger partial charge in [-0.1, -0.05) is 13.8 Å². The lowest BCUT2D eigenvalue weighted by Crippen LogP contribution is -2.66. The Labute approximate surface area is 73.6 Å². The van der Waals surface area contributed by atoms with E-state index in [-0.39, 0.29) is 5.41 Å². The molecule has 2 N–H and O–H groups in total. The summed E-state index contributed by atoms with van der Waals surface area (Å²) < 4.78 is 0. The first-order valence-corrected chi connectivity index (χ1v) is 4.77. The number of aliphatic hydroxyl groups excluding tert-OH is 1. The molecule has 0 radical (unpaired) electrons. The molecule has 2 bridgehead atoms. The van der Waals surface area contributed by atoms with Crippen LogP contribution in [-0.2, 0) is 0 Å². The fourth-order valence-corrected chi connectivity index (χ4v) is 3.15. The third-order valence-electron chi connectivity index (χ3n) is 4.36. The highest BCUT2D eigenvalue weighted by atomic mass is 16.3. The Morgan fingerprint density at radius 1 is 1.17 bits per heavy atom. The Balaban J connectivity index is 2.27. The third-order valence-corrected chi connectivity index (χ3v) is 4.36. The van der Waals surface area contributed by atoms with Crippen molar-refractivity contribution in [2.75, 3.05) is 0 Å². The summed E-state index contributed by atoms with van der Waals surface area (Å²) in [6, 6.07) is 0. The monoisotopic (exact) mass is 170 g/mol. The minimum absolute atomic E-state index is 0.239. The van der Waals surface area contributed by atoms with E-state index in [9.17, 15) is 10.2 Å². The van der Waals surface area contributed by atoms with Gasteiger partial charge < -0.3 is 10.2 Å². The molecule has 0 saturated heterocycles. The van der Waals surface area contributed by atoms with Gasteiger partial charge in [-0.2, -0.15) is 0 Å². The predicted molar refractivity (Wildman–Crippen MR) is 46.6 cm³/mol. The topological polar surface area (TPSA) is 40.5 Å². The van der Waals surface area contributed by atoms with Crippen LogP contribution in [0.5, 0.6) is 0 Å². The Morgan fingerprint density at radius 3 is 2.08 bits per heavy atom. The molecule has 0 aromatic carbocycles. The largest absolute Gasteiger partial charge is 0.390 e. The normalized spacial score (nSPS) is 56.2. The zero-order valence-corrected chi connectivity index (χ0v) is 8.04. The summed E-state index contributed by atoms with van der Waals surface area (Å²) in [7, 11) is 0. The molecule has 2 nitrogen and oxygen atoms in total. The first kappa shape index (κ1) is 8.52. The van der Waals surface area contributed by atoms with Gasteiger partial charge in [-0.3, -0.25) is 0 Å². The second-order valence-corrected chi connectivity index (χ2v) is 5.28. The SMILES string of the molecule is CC1(C)C2CC1C(C)(O)[C@H](O)C2. The molecule has 4 atom stereocenters. The number of hydrogen-bond donors (Lipinski definition) is 2. The van der Waals surface area contributed by atoms with Crippen LogP contribution in [0.25, 0.3) is 0 Å². The summed E-state index contributed by atoms with van der Waals surface area (Å²) in [4.78, 5) is 0. The highest BCUT2D eigenvalue weighted by molar-refractivity contribution is 5.12. The van der Waals surface area contributed by atoms with Crippen LogP contribution in [0.4, 0.5) is 0 Å². The van der Waals surface area contributed by atoms with Crippen molar-refractivity contribution >= 4 is 0 Å². The fraction of sp³-hybridized carbons (Fsp3) is 1.00. The average molecular weight is 170 g/mol. The molecule has 0 aromatic rings. The molecule has 70 valence electrons. The number of aliphatic hydroxyl groups is 2. The van der Waals surface area contributed by atoms with Gasteiger partial charge in [0.05, 0.1) is 11.7 Å². The Kier molecular flexibility index (Phi) is 1.45. The van der Waals surface area contributed by atoms with Crippen molar-refractivity contribution in [2.24, 2.45) is 17.3 Å². The molecular weight excluding hydrogens is 152 g/mol. The van der Waals surface area contributed by atoms with Gasteiger partial charge in [0.1, 0.15) is 0 Å². The summed E-state index contributed by atoms with van der Waals surface area (Å²) in [6.07, 6.45) is 1.36. The van der Waals surface area contributed by atoms with Crippen molar-refractivity contribution in [1.82, 2.24) is 0 Å². The van der Waals surface area contributed by atoms with E-state index < -0.39 is 11.7 Å². The van der Waals surface area contributed by atoms with Crippen LogP contribution in [0, 0.1) is 17.3 Å². The molecule has 3 saturated carbocycles. The molecule has 12 heavy (non-hydrogen) atoms. The predicted octanol–water partition coefficient (Wildman–Crippen LogP) is 1.16. The first-order chi connectivity index (χ1) is 5.37. The minimum Gasteiger partial charge on any atom is -0.390 e. The lowest BCUT2D eigenvalue weighted by Gasteiger charge is -2.64. The van der Waals surface area contributed by atoms with Crippen LogP contribution < -0.4 is 0 Å². The second-order valence-electron chi connectivity index (χ2n) is 5.28. The van der Waals surface area contributed by atoms with Crippen LogP contribution in [0.2, 0.25) is 0 Å². The maximum atomic E-state index is 10.0. The number of rotatable bonds is 0. The second kappa shape index (κ2) is 2.05. The Morgan fingerprint density at radius 2 is 1.75 bits per heavy atom. The van der Waals surface area contributed by atoms with Crippen LogP contribution in [0.3, 0.4) is 0 Å². The molecule has 2 heteroatoms. The van der Waals surface area contributed by atoms with E-state index in [1.54, 1.807) is 6.92 Å².